The van der Waals surface area contributed by atoms with Gasteiger partial charge in [-0.3, -0.25) is 4.79 Å². The summed E-state index contributed by atoms with van der Waals surface area (Å²) in [6.45, 7) is 5.53. The molecule has 0 aromatic heterocycles. The minimum atomic E-state index is -1.14. The van der Waals surface area contributed by atoms with Gasteiger partial charge in [0.2, 0.25) is 0 Å². The molecule has 0 saturated heterocycles. The lowest BCUT2D eigenvalue weighted by Gasteiger charge is -2.27. The van der Waals surface area contributed by atoms with Gasteiger partial charge in [0, 0.05) is 6.07 Å². The zero-order chi connectivity index (χ0) is 20.3. The predicted molar refractivity (Wildman–Crippen MR) is 103 cm³/mol. The molecule has 0 aliphatic carbocycles. The van der Waals surface area contributed by atoms with Gasteiger partial charge in [0.15, 0.2) is 11.4 Å². The first kappa shape index (κ1) is 19.7. The summed E-state index contributed by atoms with van der Waals surface area (Å²) in [7, 11) is 1.60. The summed E-state index contributed by atoms with van der Waals surface area (Å²) in [6.07, 6.45) is 0. The Labute approximate surface area is 164 Å². The summed E-state index contributed by atoms with van der Waals surface area (Å²) in [6, 6.07) is 12.4. The first-order valence-electron chi connectivity index (χ1n) is 9.17. The average molecular weight is 384 g/mol. The van der Waals surface area contributed by atoms with E-state index in [0.29, 0.717) is 17.1 Å². The van der Waals surface area contributed by atoms with Crippen LogP contribution in [0.1, 0.15) is 42.6 Å². The van der Waals surface area contributed by atoms with Crippen LogP contribution in [0, 0.1) is 0 Å². The van der Waals surface area contributed by atoms with Crippen molar-refractivity contribution in [1.29, 1.82) is 0 Å². The van der Waals surface area contributed by atoms with Crippen LogP contribution >= 0.6 is 0 Å². The van der Waals surface area contributed by atoms with E-state index in [9.17, 15) is 9.59 Å². The number of carbonyl (C=O) groups is 2. The molecule has 0 N–H and O–H groups in total. The van der Waals surface area contributed by atoms with E-state index in [2.05, 4.69) is 0 Å². The van der Waals surface area contributed by atoms with Crippen molar-refractivity contribution in [3.8, 4) is 17.2 Å². The maximum Gasteiger partial charge on any atom is 0.349 e. The lowest BCUT2D eigenvalue weighted by Crippen LogP contribution is -2.39. The van der Waals surface area contributed by atoms with Crippen molar-refractivity contribution >= 4 is 11.8 Å². The Bertz CT molecular complexity index is 869. The number of esters is 1. The summed E-state index contributed by atoms with van der Waals surface area (Å²) in [5.41, 5.74) is 0.225. The molecule has 1 aliphatic rings. The number of ether oxygens (including phenoxy) is 4. The van der Waals surface area contributed by atoms with Crippen LogP contribution in [-0.2, 0) is 9.53 Å². The Kier molecular flexibility index (Phi) is 5.58. The highest BCUT2D eigenvalue weighted by atomic mass is 16.6. The van der Waals surface area contributed by atoms with Crippen molar-refractivity contribution in [2.24, 2.45) is 0 Å². The molecule has 2 aromatic rings. The van der Waals surface area contributed by atoms with Gasteiger partial charge in [-0.05, 0) is 50.6 Å². The van der Waals surface area contributed by atoms with Crippen molar-refractivity contribution in [3.05, 3.63) is 53.6 Å². The summed E-state index contributed by atoms with van der Waals surface area (Å²) in [4.78, 5) is 24.9. The summed E-state index contributed by atoms with van der Waals surface area (Å²) < 4.78 is 21.8. The van der Waals surface area contributed by atoms with Gasteiger partial charge in [-0.25, -0.2) is 4.79 Å². The van der Waals surface area contributed by atoms with Gasteiger partial charge in [-0.15, -0.1) is 0 Å². The van der Waals surface area contributed by atoms with E-state index in [1.54, 1.807) is 46.1 Å². The third kappa shape index (κ3) is 3.96. The van der Waals surface area contributed by atoms with Crippen LogP contribution < -0.4 is 14.2 Å². The molecule has 0 amide bonds. The van der Waals surface area contributed by atoms with Crippen LogP contribution in [0.3, 0.4) is 0 Å². The number of rotatable bonds is 6. The lowest BCUT2D eigenvalue weighted by atomic mass is 9.89. The summed E-state index contributed by atoms with van der Waals surface area (Å²) >= 11 is 0. The van der Waals surface area contributed by atoms with Crippen molar-refractivity contribution < 1.29 is 28.5 Å². The van der Waals surface area contributed by atoms with E-state index in [1.807, 2.05) is 24.3 Å². The number of ketones is 1. The van der Waals surface area contributed by atoms with Gasteiger partial charge in [0.25, 0.3) is 0 Å². The number of hydrogen-bond donors (Lipinski definition) is 0. The first-order valence-corrected chi connectivity index (χ1v) is 9.17. The van der Waals surface area contributed by atoms with Crippen molar-refractivity contribution in [1.82, 2.24) is 0 Å². The number of carbonyl (C=O) groups excluding carboxylic acids is 2. The van der Waals surface area contributed by atoms with Gasteiger partial charge >= 0.3 is 5.97 Å². The third-order valence-corrected chi connectivity index (χ3v) is 4.60. The molecule has 0 saturated carbocycles. The normalized spacial score (nSPS) is 16.0. The smallest absolute Gasteiger partial charge is 0.349 e. The fraction of sp³-hybridized carbons (Fsp3) is 0.364. The molecule has 3 rings (SSSR count). The molecular weight excluding hydrogens is 360 g/mol. The van der Waals surface area contributed by atoms with E-state index in [4.69, 9.17) is 18.9 Å². The van der Waals surface area contributed by atoms with Crippen molar-refractivity contribution in [3.63, 3.8) is 0 Å². The molecule has 148 valence electrons. The molecule has 0 bridgehead atoms. The van der Waals surface area contributed by atoms with Crippen LogP contribution in [0.4, 0.5) is 0 Å². The topological polar surface area (TPSA) is 71.1 Å². The standard InChI is InChI=1S/C22H24O6/c1-5-26-21(24)22(2,3)28-16-10-11-17-19(12-16)27-13-18(20(17)23)14-6-8-15(25-4)9-7-14/h6-12,18H,5,13H2,1-4H3. The fourth-order valence-electron chi connectivity index (χ4n) is 3.05. The van der Waals surface area contributed by atoms with E-state index in [0.717, 1.165) is 11.3 Å². The second-order valence-corrected chi connectivity index (χ2v) is 6.99. The maximum absolute atomic E-state index is 12.9. The Hall–Kier alpha value is -3.02. The van der Waals surface area contributed by atoms with Crippen molar-refractivity contribution in [2.45, 2.75) is 32.3 Å². The molecular formula is C22H24O6. The molecule has 2 aromatic carbocycles. The molecule has 0 radical (unpaired) electrons. The largest absolute Gasteiger partial charge is 0.497 e. The molecule has 0 spiro atoms. The zero-order valence-electron chi connectivity index (χ0n) is 16.5. The Morgan fingerprint density at radius 1 is 1.14 bits per heavy atom. The van der Waals surface area contributed by atoms with Crippen LogP contribution in [0.25, 0.3) is 0 Å². The van der Waals surface area contributed by atoms with Gasteiger partial charge in [0.05, 0.1) is 25.2 Å². The molecule has 1 heterocycles. The van der Waals surface area contributed by atoms with E-state index in [-0.39, 0.29) is 24.9 Å². The minimum absolute atomic E-state index is 0.0115. The third-order valence-electron chi connectivity index (χ3n) is 4.60. The van der Waals surface area contributed by atoms with Gasteiger partial charge in [-0.1, -0.05) is 12.1 Å². The molecule has 0 fully saturated rings. The fourth-order valence-corrected chi connectivity index (χ4v) is 3.05. The second-order valence-electron chi connectivity index (χ2n) is 6.99. The number of methoxy groups -OCH3 is 1. The number of fused-ring (bicyclic) bond motifs is 1. The van der Waals surface area contributed by atoms with Crippen molar-refractivity contribution in [2.75, 3.05) is 20.3 Å². The average Bonchev–Trinajstić information content (AvgIpc) is 2.68. The maximum atomic E-state index is 12.9. The second kappa shape index (κ2) is 7.92. The van der Waals surface area contributed by atoms with E-state index in [1.165, 1.54) is 0 Å². The lowest BCUT2D eigenvalue weighted by molar-refractivity contribution is -0.158. The molecule has 1 atom stereocenters. The molecule has 6 heteroatoms. The van der Waals surface area contributed by atoms with Gasteiger partial charge in [0.1, 0.15) is 23.9 Å². The SMILES string of the molecule is CCOC(=O)C(C)(C)Oc1ccc2c(c1)OCC(c1ccc(OC)cc1)C2=O. The molecule has 1 aliphatic heterocycles. The van der Waals surface area contributed by atoms with Crippen LogP contribution in [0.15, 0.2) is 42.5 Å². The highest BCUT2D eigenvalue weighted by molar-refractivity contribution is 6.04. The Balaban J connectivity index is 1.79. The minimum Gasteiger partial charge on any atom is -0.497 e. The molecule has 1 unspecified atom stereocenters. The molecule has 28 heavy (non-hydrogen) atoms. The van der Waals surface area contributed by atoms with Crippen LogP contribution in [0.2, 0.25) is 0 Å². The monoisotopic (exact) mass is 384 g/mol. The Morgan fingerprint density at radius 3 is 2.46 bits per heavy atom. The van der Waals surface area contributed by atoms with Gasteiger partial charge < -0.3 is 18.9 Å². The number of hydrogen-bond acceptors (Lipinski definition) is 6. The van der Waals surface area contributed by atoms with Gasteiger partial charge in [-0.2, -0.15) is 0 Å². The molecule has 6 nitrogen and oxygen atoms in total. The highest BCUT2D eigenvalue weighted by Crippen LogP contribution is 2.36. The van der Waals surface area contributed by atoms with E-state index < -0.39 is 11.6 Å². The highest BCUT2D eigenvalue weighted by Gasteiger charge is 2.34. The zero-order valence-corrected chi connectivity index (χ0v) is 16.5. The van der Waals surface area contributed by atoms with E-state index >= 15 is 0 Å². The first-order chi connectivity index (χ1) is 13.4. The number of benzene rings is 2. The van der Waals surface area contributed by atoms with Crippen LogP contribution in [-0.4, -0.2) is 37.7 Å². The summed E-state index contributed by atoms with van der Waals surface area (Å²) in [5.74, 6) is 0.784. The van der Waals surface area contributed by atoms with Crippen LogP contribution in [0.5, 0.6) is 17.2 Å². The number of Topliss-reactive ketones (excluding diaryl/α,β-unsaturated/α-hetero) is 1. The predicted octanol–water partition coefficient (Wildman–Crippen LogP) is 3.77. The Morgan fingerprint density at radius 2 is 1.82 bits per heavy atom. The quantitative estimate of drug-likeness (QED) is 0.706. The summed E-state index contributed by atoms with van der Waals surface area (Å²) in [5, 5.41) is 0.